The lowest BCUT2D eigenvalue weighted by molar-refractivity contribution is -0.0636. The summed E-state index contributed by atoms with van der Waals surface area (Å²) in [6.45, 7) is -0.381. The molecule has 1 fully saturated rings. The molecule has 0 aliphatic carbocycles. The SMILES string of the molecule is O=C(OC[C@H]1O[C@@H](n2cnc3ncccc3c2=O)[C@H](OC(=O)c2ccccc2)[C@H]1OC(=O)c1ccccc1)c1ccccc1. The van der Waals surface area contributed by atoms with Crippen molar-refractivity contribution in [3.8, 4) is 0 Å². The molecule has 1 aliphatic heterocycles. The van der Waals surface area contributed by atoms with E-state index in [1.54, 1.807) is 103 Å². The van der Waals surface area contributed by atoms with Gasteiger partial charge in [-0.1, -0.05) is 54.6 Å². The molecule has 44 heavy (non-hydrogen) atoms. The maximum absolute atomic E-state index is 13.6. The van der Waals surface area contributed by atoms with Gasteiger partial charge in [-0.05, 0) is 48.5 Å². The number of aromatic nitrogens is 3. The highest BCUT2D eigenvalue weighted by atomic mass is 16.7. The van der Waals surface area contributed by atoms with Crippen LogP contribution in [0, 0.1) is 0 Å². The monoisotopic (exact) mass is 591 g/mol. The summed E-state index contributed by atoms with van der Waals surface area (Å²) in [6.07, 6.45) is -2.34. The lowest BCUT2D eigenvalue weighted by Crippen LogP contribution is -2.42. The fraction of sp³-hybridized carbons (Fsp3) is 0.152. The molecule has 11 heteroatoms. The summed E-state index contributed by atoms with van der Waals surface area (Å²) in [6, 6.07) is 27.9. The molecular weight excluding hydrogens is 566 g/mol. The molecule has 0 N–H and O–H groups in total. The first-order valence-corrected chi connectivity index (χ1v) is 13.7. The minimum atomic E-state index is -1.34. The molecule has 0 saturated carbocycles. The number of ether oxygens (including phenoxy) is 4. The lowest BCUT2D eigenvalue weighted by Gasteiger charge is -2.25. The van der Waals surface area contributed by atoms with Crippen LogP contribution in [0.15, 0.2) is 120 Å². The van der Waals surface area contributed by atoms with E-state index >= 15 is 0 Å². The Bertz CT molecular complexity index is 1850. The van der Waals surface area contributed by atoms with E-state index in [1.807, 2.05) is 0 Å². The molecule has 4 atom stereocenters. The molecule has 3 heterocycles. The smallest absolute Gasteiger partial charge is 0.338 e. The van der Waals surface area contributed by atoms with Crippen molar-refractivity contribution in [3.63, 3.8) is 0 Å². The normalized spacial score (nSPS) is 19.3. The predicted molar refractivity (Wildman–Crippen MR) is 156 cm³/mol. The lowest BCUT2D eigenvalue weighted by atomic mass is 10.1. The van der Waals surface area contributed by atoms with Crippen LogP contribution in [0.5, 0.6) is 0 Å². The Morgan fingerprint density at radius 1 is 0.682 bits per heavy atom. The third-order valence-electron chi connectivity index (χ3n) is 7.01. The van der Waals surface area contributed by atoms with Gasteiger partial charge in [0.15, 0.2) is 24.1 Å². The van der Waals surface area contributed by atoms with Crippen molar-refractivity contribution >= 4 is 28.9 Å². The van der Waals surface area contributed by atoms with Crippen molar-refractivity contribution in [2.75, 3.05) is 6.61 Å². The van der Waals surface area contributed by atoms with Crippen LogP contribution < -0.4 is 5.56 Å². The van der Waals surface area contributed by atoms with E-state index in [4.69, 9.17) is 18.9 Å². The van der Waals surface area contributed by atoms with Gasteiger partial charge in [-0.2, -0.15) is 0 Å². The molecule has 0 amide bonds. The second-order valence-electron chi connectivity index (χ2n) is 9.83. The molecular formula is C33H25N3O8. The maximum atomic E-state index is 13.6. The first-order valence-electron chi connectivity index (χ1n) is 13.7. The van der Waals surface area contributed by atoms with Crippen molar-refractivity contribution in [2.45, 2.75) is 24.5 Å². The second kappa shape index (κ2) is 12.7. The maximum Gasteiger partial charge on any atom is 0.338 e. The topological polar surface area (TPSA) is 136 Å². The zero-order valence-corrected chi connectivity index (χ0v) is 23.1. The zero-order chi connectivity index (χ0) is 30.5. The third-order valence-corrected chi connectivity index (χ3v) is 7.01. The molecule has 6 rings (SSSR count). The van der Waals surface area contributed by atoms with Gasteiger partial charge in [0.2, 0.25) is 0 Å². The van der Waals surface area contributed by atoms with E-state index in [0.29, 0.717) is 5.56 Å². The fourth-order valence-corrected chi connectivity index (χ4v) is 4.84. The second-order valence-corrected chi connectivity index (χ2v) is 9.83. The molecule has 0 radical (unpaired) electrons. The number of esters is 3. The molecule has 0 bridgehead atoms. The van der Waals surface area contributed by atoms with E-state index in [1.165, 1.54) is 12.5 Å². The summed E-state index contributed by atoms with van der Waals surface area (Å²) >= 11 is 0. The van der Waals surface area contributed by atoms with Gasteiger partial charge in [-0.25, -0.2) is 24.4 Å². The number of hydrogen-bond acceptors (Lipinski definition) is 10. The van der Waals surface area contributed by atoms with Crippen LogP contribution in [-0.4, -0.2) is 57.4 Å². The summed E-state index contributed by atoms with van der Waals surface area (Å²) in [7, 11) is 0. The molecule has 1 saturated heterocycles. The minimum absolute atomic E-state index is 0.198. The summed E-state index contributed by atoms with van der Waals surface area (Å²) in [5.41, 5.74) is 0.453. The molecule has 11 nitrogen and oxygen atoms in total. The Labute approximate surface area is 250 Å². The number of hydrogen-bond donors (Lipinski definition) is 0. The van der Waals surface area contributed by atoms with Crippen molar-refractivity contribution in [2.24, 2.45) is 0 Å². The largest absolute Gasteiger partial charge is 0.459 e. The highest BCUT2D eigenvalue weighted by molar-refractivity contribution is 5.91. The van der Waals surface area contributed by atoms with E-state index < -0.39 is 48.0 Å². The number of fused-ring (bicyclic) bond motifs is 1. The molecule has 3 aromatic carbocycles. The van der Waals surface area contributed by atoms with Gasteiger partial charge in [0, 0.05) is 6.20 Å². The molecule has 220 valence electrons. The van der Waals surface area contributed by atoms with Crippen LogP contribution in [0.25, 0.3) is 11.0 Å². The van der Waals surface area contributed by atoms with Crippen LogP contribution in [-0.2, 0) is 18.9 Å². The number of rotatable bonds is 8. The summed E-state index contributed by atoms with van der Waals surface area (Å²) in [5.74, 6) is -2.11. The van der Waals surface area contributed by atoms with Crippen LogP contribution in [0.1, 0.15) is 37.3 Å². The zero-order valence-electron chi connectivity index (χ0n) is 23.1. The first kappa shape index (κ1) is 28.4. The van der Waals surface area contributed by atoms with Crippen LogP contribution >= 0.6 is 0 Å². The Morgan fingerprint density at radius 2 is 1.23 bits per heavy atom. The van der Waals surface area contributed by atoms with Crippen molar-refractivity contribution in [1.29, 1.82) is 0 Å². The molecule has 1 aliphatic rings. The van der Waals surface area contributed by atoms with Crippen molar-refractivity contribution < 1.29 is 33.3 Å². The standard InChI is InChI=1S/C33H25N3O8/c37-29-24-17-10-18-34-28(24)35-20-36(29)30-27(44-33(40)23-15-8-3-9-16-23)26(43-32(39)22-13-6-2-7-14-22)25(42-30)19-41-31(38)21-11-4-1-5-12-21/h1-18,20,25-27,30H,19H2/t25-,26+,27-,30-/m1/s1. The van der Waals surface area contributed by atoms with Crippen LogP contribution in [0.4, 0.5) is 0 Å². The van der Waals surface area contributed by atoms with Gasteiger partial charge < -0.3 is 18.9 Å². The van der Waals surface area contributed by atoms with Gasteiger partial charge in [-0.15, -0.1) is 0 Å². The Hall–Kier alpha value is -5.68. The summed E-state index contributed by atoms with van der Waals surface area (Å²) in [5, 5.41) is 0.198. The fourth-order valence-electron chi connectivity index (χ4n) is 4.84. The predicted octanol–water partition coefficient (Wildman–Crippen LogP) is 4.00. The quantitative estimate of drug-likeness (QED) is 0.192. The highest BCUT2D eigenvalue weighted by Crippen LogP contribution is 2.35. The van der Waals surface area contributed by atoms with Gasteiger partial charge in [0.25, 0.3) is 5.56 Å². The average Bonchev–Trinajstić information content (AvgIpc) is 3.40. The van der Waals surface area contributed by atoms with Gasteiger partial charge in [-0.3, -0.25) is 9.36 Å². The van der Waals surface area contributed by atoms with Crippen molar-refractivity contribution in [1.82, 2.24) is 14.5 Å². The van der Waals surface area contributed by atoms with Gasteiger partial charge in [0.1, 0.15) is 19.0 Å². The summed E-state index contributed by atoms with van der Waals surface area (Å²) < 4.78 is 24.7. The number of carbonyl (C=O) groups excluding carboxylic acids is 3. The Kier molecular flexibility index (Phi) is 8.19. The number of nitrogens with zero attached hydrogens (tertiary/aromatic N) is 3. The van der Waals surface area contributed by atoms with E-state index in [-0.39, 0.29) is 28.8 Å². The average molecular weight is 592 g/mol. The third kappa shape index (κ3) is 5.94. The Balaban J connectivity index is 1.38. The number of benzene rings is 3. The van der Waals surface area contributed by atoms with Gasteiger partial charge >= 0.3 is 17.9 Å². The van der Waals surface area contributed by atoms with Crippen LogP contribution in [0.2, 0.25) is 0 Å². The first-order chi connectivity index (χ1) is 21.5. The highest BCUT2D eigenvalue weighted by Gasteiger charge is 2.51. The summed E-state index contributed by atoms with van der Waals surface area (Å²) in [4.78, 5) is 61.4. The van der Waals surface area contributed by atoms with E-state index in [2.05, 4.69) is 9.97 Å². The molecule has 0 spiro atoms. The van der Waals surface area contributed by atoms with Gasteiger partial charge in [0.05, 0.1) is 22.1 Å². The van der Waals surface area contributed by atoms with Crippen molar-refractivity contribution in [3.05, 3.63) is 143 Å². The molecule has 5 aromatic rings. The Morgan fingerprint density at radius 3 is 1.82 bits per heavy atom. The van der Waals surface area contributed by atoms with E-state index in [9.17, 15) is 19.2 Å². The molecule has 0 unspecified atom stereocenters. The number of pyridine rings is 1. The number of carbonyl (C=O) groups is 3. The van der Waals surface area contributed by atoms with E-state index in [0.717, 1.165) is 4.57 Å². The van der Waals surface area contributed by atoms with Crippen LogP contribution in [0.3, 0.4) is 0 Å². The minimum Gasteiger partial charge on any atom is -0.459 e. The molecule has 2 aromatic heterocycles.